The molecule has 1 heterocycles. The van der Waals surface area contributed by atoms with E-state index in [4.69, 9.17) is 4.84 Å². The van der Waals surface area contributed by atoms with E-state index < -0.39 is 0 Å². The first-order valence-electron chi connectivity index (χ1n) is 5.80. The Bertz CT molecular complexity index is 617. The van der Waals surface area contributed by atoms with Crippen LogP contribution in [0.25, 0.3) is 11.1 Å². The molecule has 0 N–H and O–H groups in total. The van der Waals surface area contributed by atoms with Gasteiger partial charge in [-0.3, -0.25) is 0 Å². The molecule has 0 bridgehead atoms. The smallest absolute Gasteiger partial charge is 0.143 e. The van der Waals surface area contributed by atoms with Crippen molar-refractivity contribution in [3.8, 4) is 11.1 Å². The Hall–Kier alpha value is -2.16. The molecule has 2 nitrogen and oxygen atoms in total. The van der Waals surface area contributed by atoms with E-state index in [0.717, 1.165) is 28.0 Å². The van der Waals surface area contributed by atoms with Gasteiger partial charge < -0.3 is 4.84 Å². The van der Waals surface area contributed by atoms with E-state index in [1.807, 2.05) is 19.1 Å². The lowest BCUT2D eigenvalue weighted by Crippen LogP contribution is -2.08. The van der Waals surface area contributed by atoms with Crippen molar-refractivity contribution in [3.05, 3.63) is 59.4 Å². The fraction of sp³-hybridized carbons (Fsp3) is 0.133. The maximum Gasteiger partial charge on any atom is 0.143 e. The van der Waals surface area contributed by atoms with E-state index >= 15 is 0 Å². The van der Waals surface area contributed by atoms with Crippen LogP contribution >= 0.6 is 0 Å². The lowest BCUT2D eigenvalue weighted by Gasteiger charge is -2.15. The fourth-order valence-electron chi connectivity index (χ4n) is 2.14. The second-order valence-electron chi connectivity index (χ2n) is 4.33. The van der Waals surface area contributed by atoms with Crippen molar-refractivity contribution in [1.29, 1.82) is 0 Å². The summed E-state index contributed by atoms with van der Waals surface area (Å²) in [5.74, 6) is -0.219. The minimum Gasteiger partial charge on any atom is -0.391 e. The summed E-state index contributed by atoms with van der Waals surface area (Å²) in [5, 5.41) is 3.95. The fourth-order valence-corrected chi connectivity index (χ4v) is 2.14. The number of hydrogen-bond acceptors (Lipinski definition) is 2. The van der Waals surface area contributed by atoms with Crippen molar-refractivity contribution >= 4 is 5.71 Å². The first kappa shape index (κ1) is 11.0. The van der Waals surface area contributed by atoms with Gasteiger partial charge in [0.05, 0.1) is 5.71 Å². The van der Waals surface area contributed by atoms with Crippen molar-refractivity contribution in [2.45, 2.75) is 13.5 Å². The third-order valence-corrected chi connectivity index (χ3v) is 3.09. The largest absolute Gasteiger partial charge is 0.391 e. The third-order valence-electron chi connectivity index (χ3n) is 3.09. The molecule has 0 amide bonds. The Kier molecular flexibility index (Phi) is 2.59. The number of oxime groups is 1. The molecule has 0 unspecified atom stereocenters. The van der Waals surface area contributed by atoms with Gasteiger partial charge in [-0.15, -0.1) is 0 Å². The zero-order valence-corrected chi connectivity index (χ0v) is 9.98. The second-order valence-corrected chi connectivity index (χ2v) is 4.33. The lowest BCUT2D eigenvalue weighted by atomic mass is 9.97. The van der Waals surface area contributed by atoms with Gasteiger partial charge in [0.25, 0.3) is 0 Å². The van der Waals surface area contributed by atoms with Crippen LogP contribution in [0.1, 0.15) is 18.1 Å². The van der Waals surface area contributed by atoms with Gasteiger partial charge >= 0.3 is 0 Å². The zero-order valence-electron chi connectivity index (χ0n) is 9.98. The average Bonchev–Trinajstić information content (AvgIpc) is 2.39. The minimum atomic E-state index is -0.219. The van der Waals surface area contributed by atoms with Crippen molar-refractivity contribution in [2.75, 3.05) is 0 Å². The van der Waals surface area contributed by atoms with Gasteiger partial charge in [-0.1, -0.05) is 29.4 Å². The molecule has 2 aromatic carbocycles. The van der Waals surface area contributed by atoms with Gasteiger partial charge in [-0.05, 0) is 36.2 Å². The van der Waals surface area contributed by atoms with Crippen LogP contribution in [0.4, 0.5) is 4.39 Å². The number of benzene rings is 2. The molecule has 2 aromatic rings. The molecule has 0 radical (unpaired) electrons. The van der Waals surface area contributed by atoms with Gasteiger partial charge in [-0.2, -0.15) is 0 Å². The Morgan fingerprint density at radius 3 is 2.56 bits per heavy atom. The number of rotatable bonds is 1. The van der Waals surface area contributed by atoms with Crippen LogP contribution in [0.15, 0.2) is 47.6 Å². The van der Waals surface area contributed by atoms with E-state index in [0.29, 0.717) is 6.61 Å². The first-order chi connectivity index (χ1) is 8.74. The highest BCUT2D eigenvalue weighted by atomic mass is 19.1. The Balaban J connectivity index is 2.05. The van der Waals surface area contributed by atoms with E-state index in [9.17, 15) is 4.39 Å². The molecule has 1 aliphatic heterocycles. The van der Waals surface area contributed by atoms with Gasteiger partial charge in [0.2, 0.25) is 0 Å². The summed E-state index contributed by atoms with van der Waals surface area (Å²) in [6, 6.07) is 12.6. The molecule has 0 saturated heterocycles. The van der Waals surface area contributed by atoms with E-state index in [2.05, 4.69) is 11.2 Å². The molecule has 0 saturated carbocycles. The van der Waals surface area contributed by atoms with Gasteiger partial charge in [-0.25, -0.2) is 4.39 Å². The third kappa shape index (κ3) is 1.88. The summed E-state index contributed by atoms with van der Waals surface area (Å²) in [7, 11) is 0. The normalized spacial score (nSPS) is 13.6. The molecule has 0 fully saturated rings. The molecule has 0 aliphatic carbocycles. The molecule has 1 aliphatic rings. The standard InChI is InChI=1S/C15H12FNO/c1-10-15-7-4-12(8-13(15)9-18-17-10)11-2-5-14(16)6-3-11/h2-8H,9H2,1H3. The molecule has 18 heavy (non-hydrogen) atoms. The average molecular weight is 241 g/mol. The molecule has 3 rings (SSSR count). The minimum absolute atomic E-state index is 0.219. The van der Waals surface area contributed by atoms with Crippen molar-refractivity contribution < 1.29 is 9.23 Å². The Morgan fingerprint density at radius 2 is 1.78 bits per heavy atom. The highest BCUT2D eigenvalue weighted by molar-refractivity contribution is 6.00. The Labute approximate surface area is 105 Å². The quantitative estimate of drug-likeness (QED) is 0.745. The lowest BCUT2D eigenvalue weighted by molar-refractivity contribution is 0.126. The van der Waals surface area contributed by atoms with Crippen LogP contribution in [0.2, 0.25) is 0 Å². The van der Waals surface area contributed by atoms with Gasteiger partial charge in [0.15, 0.2) is 0 Å². The molecular formula is C15H12FNO. The van der Waals surface area contributed by atoms with Gasteiger partial charge in [0.1, 0.15) is 12.4 Å². The highest BCUT2D eigenvalue weighted by Gasteiger charge is 2.12. The SMILES string of the molecule is CC1=NOCc2cc(-c3ccc(F)cc3)ccc21. The highest BCUT2D eigenvalue weighted by Crippen LogP contribution is 2.25. The van der Waals surface area contributed by atoms with Crippen molar-refractivity contribution in [2.24, 2.45) is 5.16 Å². The van der Waals surface area contributed by atoms with Crippen LogP contribution in [0.5, 0.6) is 0 Å². The second kappa shape index (κ2) is 4.26. The van der Waals surface area contributed by atoms with Gasteiger partial charge in [0, 0.05) is 11.1 Å². The summed E-state index contributed by atoms with van der Waals surface area (Å²) >= 11 is 0. The number of halogens is 1. The zero-order chi connectivity index (χ0) is 12.5. The number of nitrogens with zero attached hydrogens (tertiary/aromatic N) is 1. The summed E-state index contributed by atoms with van der Waals surface area (Å²) < 4.78 is 12.9. The molecule has 0 spiro atoms. The van der Waals surface area contributed by atoms with Crippen LogP contribution in [-0.2, 0) is 11.4 Å². The topological polar surface area (TPSA) is 21.6 Å². The summed E-state index contributed by atoms with van der Waals surface area (Å²) in [6.07, 6.45) is 0. The predicted molar refractivity (Wildman–Crippen MR) is 68.8 cm³/mol. The monoisotopic (exact) mass is 241 g/mol. The van der Waals surface area contributed by atoms with E-state index in [-0.39, 0.29) is 5.82 Å². The molecular weight excluding hydrogens is 229 g/mol. The van der Waals surface area contributed by atoms with Crippen LogP contribution in [0, 0.1) is 5.82 Å². The summed E-state index contributed by atoms with van der Waals surface area (Å²) in [5.41, 5.74) is 5.18. The summed E-state index contributed by atoms with van der Waals surface area (Å²) in [6.45, 7) is 2.41. The molecule has 0 aromatic heterocycles. The van der Waals surface area contributed by atoms with Crippen LogP contribution in [0.3, 0.4) is 0 Å². The first-order valence-corrected chi connectivity index (χ1v) is 5.80. The maximum absolute atomic E-state index is 12.9. The predicted octanol–water partition coefficient (Wildman–Crippen LogP) is 3.75. The van der Waals surface area contributed by atoms with Crippen LogP contribution in [-0.4, -0.2) is 5.71 Å². The molecule has 0 atom stereocenters. The van der Waals surface area contributed by atoms with Crippen molar-refractivity contribution in [3.63, 3.8) is 0 Å². The number of fused-ring (bicyclic) bond motifs is 1. The van der Waals surface area contributed by atoms with Crippen molar-refractivity contribution in [1.82, 2.24) is 0 Å². The maximum atomic E-state index is 12.9. The molecule has 90 valence electrons. The Morgan fingerprint density at radius 1 is 1.06 bits per heavy atom. The summed E-state index contributed by atoms with van der Waals surface area (Å²) in [4.78, 5) is 5.15. The van der Waals surface area contributed by atoms with E-state index in [1.54, 1.807) is 12.1 Å². The number of hydrogen-bond donors (Lipinski definition) is 0. The van der Waals surface area contributed by atoms with Crippen LogP contribution < -0.4 is 0 Å². The molecule has 3 heteroatoms. The van der Waals surface area contributed by atoms with E-state index in [1.165, 1.54) is 12.1 Å².